The zero-order chi connectivity index (χ0) is 9.31. The number of aliphatic hydroxyl groups is 2. The molecule has 2 N–H and O–H groups in total. The molecule has 0 unspecified atom stereocenters. The number of benzene rings is 1. The first-order chi connectivity index (χ1) is 6.29. The Morgan fingerprint density at radius 2 is 1.46 bits per heavy atom. The predicted molar refractivity (Wildman–Crippen MR) is 50.5 cm³/mol. The monoisotopic (exact) mass is 178 g/mol. The molecule has 0 bridgehead atoms. The van der Waals surface area contributed by atoms with E-state index >= 15 is 0 Å². The van der Waals surface area contributed by atoms with Gasteiger partial charge in [-0.25, -0.2) is 0 Å². The summed E-state index contributed by atoms with van der Waals surface area (Å²) < 4.78 is 0. The van der Waals surface area contributed by atoms with Gasteiger partial charge in [-0.3, -0.25) is 0 Å². The van der Waals surface area contributed by atoms with Crippen molar-refractivity contribution in [3.05, 3.63) is 35.4 Å². The van der Waals surface area contributed by atoms with E-state index in [2.05, 4.69) is 12.1 Å². The highest BCUT2D eigenvalue weighted by Crippen LogP contribution is 2.35. The van der Waals surface area contributed by atoms with Gasteiger partial charge in [-0.1, -0.05) is 24.3 Å². The fraction of sp³-hybridized carbons (Fsp3) is 0.455. The van der Waals surface area contributed by atoms with Gasteiger partial charge >= 0.3 is 0 Å². The average Bonchev–Trinajstić information content (AvgIpc) is 2.57. The number of hydrogen-bond donors (Lipinski definition) is 2. The molecule has 0 heterocycles. The summed E-state index contributed by atoms with van der Waals surface area (Å²) in [6.45, 7) is 0.135. The maximum Gasteiger partial charge on any atom is 0.0515 e. The third-order valence-electron chi connectivity index (χ3n) is 2.92. The molecule has 13 heavy (non-hydrogen) atoms. The quantitative estimate of drug-likeness (QED) is 0.701. The molecule has 0 aliphatic heterocycles. The molecule has 0 saturated carbocycles. The van der Waals surface area contributed by atoms with Gasteiger partial charge in [0.15, 0.2) is 0 Å². The summed E-state index contributed by atoms with van der Waals surface area (Å²) in [7, 11) is 0. The number of aliphatic hydroxyl groups excluding tert-OH is 2. The lowest BCUT2D eigenvalue weighted by atomic mass is 9.87. The van der Waals surface area contributed by atoms with E-state index < -0.39 is 0 Å². The highest BCUT2D eigenvalue weighted by molar-refractivity contribution is 5.34. The van der Waals surface area contributed by atoms with Crippen molar-refractivity contribution in [1.82, 2.24) is 0 Å². The SMILES string of the molecule is OCC1(CO)Cc2ccccc2C1. The van der Waals surface area contributed by atoms with Crippen LogP contribution in [0, 0.1) is 5.41 Å². The summed E-state index contributed by atoms with van der Waals surface area (Å²) in [5.41, 5.74) is 2.24. The van der Waals surface area contributed by atoms with Gasteiger partial charge in [-0.2, -0.15) is 0 Å². The maximum atomic E-state index is 9.23. The van der Waals surface area contributed by atoms with Crippen LogP contribution in [0.3, 0.4) is 0 Å². The van der Waals surface area contributed by atoms with Crippen molar-refractivity contribution in [3.63, 3.8) is 0 Å². The van der Waals surface area contributed by atoms with E-state index in [0.717, 1.165) is 12.8 Å². The summed E-state index contributed by atoms with van der Waals surface area (Å²) in [6.07, 6.45) is 1.60. The average molecular weight is 178 g/mol. The van der Waals surface area contributed by atoms with Crippen molar-refractivity contribution in [2.45, 2.75) is 12.8 Å². The Balaban J connectivity index is 2.30. The normalized spacial score (nSPS) is 18.6. The van der Waals surface area contributed by atoms with Crippen molar-refractivity contribution < 1.29 is 10.2 Å². The molecular formula is C11H14O2. The van der Waals surface area contributed by atoms with Crippen LogP contribution >= 0.6 is 0 Å². The molecule has 0 fully saturated rings. The van der Waals surface area contributed by atoms with Crippen LogP contribution < -0.4 is 0 Å². The summed E-state index contributed by atoms with van der Waals surface area (Å²) in [5, 5.41) is 18.5. The zero-order valence-corrected chi connectivity index (χ0v) is 7.53. The maximum absolute atomic E-state index is 9.23. The number of rotatable bonds is 2. The van der Waals surface area contributed by atoms with E-state index in [4.69, 9.17) is 0 Å². The Labute approximate surface area is 77.8 Å². The van der Waals surface area contributed by atoms with Crippen LogP contribution in [0.25, 0.3) is 0 Å². The topological polar surface area (TPSA) is 40.5 Å². The molecule has 1 aliphatic rings. The molecule has 2 heteroatoms. The molecule has 70 valence electrons. The summed E-state index contributed by atoms with van der Waals surface area (Å²) in [5.74, 6) is 0. The molecule has 1 aromatic carbocycles. The highest BCUT2D eigenvalue weighted by atomic mass is 16.3. The molecule has 0 spiro atoms. The van der Waals surface area contributed by atoms with Crippen LogP contribution in [-0.4, -0.2) is 23.4 Å². The van der Waals surface area contributed by atoms with Gasteiger partial charge in [0.05, 0.1) is 13.2 Å². The lowest BCUT2D eigenvalue weighted by Gasteiger charge is -2.22. The first-order valence-corrected chi connectivity index (χ1v) is 4.58. The van der Waals surface area contributed by atoms with Crippen LogP contribution in [0.5, 0.6) is 0 Å². The van der Waals surface area contributed by atoms with E-state index in [-0.39, 0.29) is 18.6 Å². The molecule has 0 saturated heterocycles. The highest BCUT2D eigenvalue weighted by Gasteiger charge is 2.35. The molecule has 1 aliphatic carbocycles. The Morgan fingerprint density at radius 3 is 1.85 bits per heavy atom. The van der Waals surface area contributed by atoms with Gasteiger partial charge in [-0.05, 0) is 24.0 Å². The van der Waals surface area contributed by atoms with E-state index in [1.807, 2.05) is 12.1 Å². The molecule has 1 aromatic rings. The lowest BCUT2D eigenvalue weighted by molar-refractivity contribution is 0.0634. The van der Waals surface area contributed by atoms with Crippen LogP contribution in [-0.2, 0) is 12.8 Å². The van der Waals surface area contributed by atoms with E-state index in [0.29, 0.717) is 0 Å². The molecule has 2 rings (SSSR count). The van der Waals surface area contributed by atoms with Crippen molar-refractivity contribution in [1.29, 1.82) is 0 Å². The minimum Gasteiger partial charge on any atom is -0.396 e. The summed E-state index contributed by atoms with van der Waals surface area (Å²) >= 11 is 0. The fourth-order valence-corrected chi connectivity index (χ4v) is 2.05. The molecule has 0 amide bonds. The van der Waals surface area contributed by atoms with Crippen LogP contribution in [0.2, 0.25) is 0 Å². The standard InChI is InChI=1S/C11H14O2/c12-7-11(8-13)5-9-3-1-2-4-10(9)6-11/h1-4,12-13H,5-8H2. The molecule has 0 atom stereocenters. The lowest BCUT2D eigenvalue weighted by Crippen LogP contribution is -2.30. The Morgan fingerprint density at radius 1 is 1.00 bits per heavy atom. The van der Waals surface area contributed by atoms with Crippen LogP contribution in [0.1, 0.15) is 11.1 Å². The van der Waals surface area contributed by atoms with Gasteiger partial charge in [-0.15, -0.1) is 0 Å². The van der Waals surface area contributed by atoms with Crippen molar-refractivity contribution in [3.8, 4) is 0 Å². The fourth-order valence-electron chi connectivity index (χ4n) is 2.05. The molecule has 0 aromatic heterocycles. The summed E-state index contributed by atoms with van der Waals surface area (Å²) in [6, 6.07) is 8.15. The second-order valence-corrected chi connectivity index (χ2v) is 3.94. The van der Waals surface area contributed by atoms with Gasteiger partial charge in [0.1, 0.15) is 0 Å². The first-order valence-electron chi connectivity index (χ1n) is 4.58. The van der Waals surface area contributed by atoms with Gasteiger partial charge in [0, 0.05) is 5.41 Å². The predicted octanol–water partition coefficient (Wildman–Crippen LogP) is 0.756. The largest absolute Gasteiger partial charge is 0.396 e. The smallest absolute Gasteiger partial charge is 0.0515 e. The minimum absolute atomic E-state index is 0.0676. The Hall–Kier alpha value is -0.860. The van der Waals surface area contributed by atoms with Gasteiger partial charge < -0.3 is 10.2 Å². The van der Waals surface area contributed by atoms with Crippen LogP contribution in [0.15, 0.2) is 24.3 Å². The Kier molecular flexibility index (Phi) is 2.10. The Bertz CT molecular complexity index is 276. The minimum atomic E-state index is -0.302. The zero-order valence-electron chi connectivity index (χ0n) is 7.53. The third kappa shape index (κ3) is 1.36. The summed E-state index contributed by atoms with van der Waals surface area (Å²) in [4.78, 5) is 0. The van der Waals surface area contributed by atoms with Crippen molar-refractivity contribution >= 4 is 0 Å². The van der Waals surface area contributed by atoms with Crippen molar-refractivity contribution in [2.24, 2.45) is 5.41 Å². The van der Waals surface area contributed by atoms with E-state index in [9.17, 15) is 10.2 Å². The second kappa shape index (κ2) is 3.13. The van der Waals surface area contributed by atoms with E-state index in [1.54, 1.807) is 0 Å². The first kappa shape index (κ1) is 8.73. The molecular weight excluding hydrogens is 164 g/mol. The molecule has 0 radical (unpaired) electrons. The number of fused-ring (bicyclic) bond motifs is 1. The van der Waals surface area contributed by atoms with Crippen LogP contribution in [0.4, 0.5) is 0 Å². The molecule has 2 nitrogen and oxygen atoms in total. The van der Waals surface area contributed by atoms with Gasteiger partial charge in [0.25, 0.3) is 0 Å². The van der Waals surface area contributed by atoms with E-state index in [1.165, 1.54) is 11.1 Å². The second-order valence-electron chi connectivity index (χ2n) is 3.94. The van der Waals surface area contributed by atoms with Crippen molar-refractivity contribution in [2.75, 3.05) is 13.2 Å². The third-order valence-corrected chi connectivity index (χ3v) is 2.92. The van der Waals surface area contributed by atoms with Gasteiger partial charge in [0.2, 0.25) is 0 Å². The number of hydrogen-bond acceptors (Lipinski definition) is 2.